The highest BCUT2D eigenvalue weighted by Gasteiger charge is 2.30. The second-order valence-electron chi connectivity index (χ2n) is 5.36. The van der Waals surface area contributed by atoms with Gasteiger partial charge in [0, 0.05) is 35.1 Å². The Balaban J connectivity index is 2.08. The summed E-state index contributed by atoms with van der Waals surface area (Å²) in [6.45, 7) is 2.81. The maximum atomic E-state index is 13.8. The van der Waals surface area contributed by atoms with Crippen molar-refractivity contribution in [3.05, 3.63) is 34.1 Å². The summed E-state index contributed by atoms with van der Waals surface area (Å²) in [5, 5.41) is 0. The molecule has 1 saturated carbocycles. The molecule has 1 aliphatic rings. The molecule has 2 N–H and O–H groups in total. The van der Waals surface area contributed by atoms with Crippen LogP contribution in [0.4, 0.5) is 4.39 Å². The molecule has 0 bridgehead atoms. The van der Waals surface area contributed by atoms with Crippen LogP contribution in [0.25, 0.3) is 0 Å². The van der Waals surface area contributed by atoms with Crippen molar-refractivity contribution < 1.29 is 9.18 Å². The van der Waals surface area contributed by atoms with Gasteiger partial charge in [-0.15, -0.1) is 0 Å². The smallest absolute Gasteiger partial charge is 0.226 e. The van der Waals surface area contributed by atoms with E-state index in [1.165, 1.54) is 6.07 Å². The van der Waals surface area contributed by atoms with Gasteiger partial charge in [0.05, 0.1) is 0 Å². The molecule has 0 spiro atoms. The Morgan fingerprint density at radius 2 is 2.25 bits per heavy atom. The molecule has 2 atom stereocenters. The van der Waals surface area contributed by atoms with Crippen molar-refractivity contribution in [1.82, 2.24) is 4.90 Å². The Morgan fingerprint density at radius 1 is 1.50 bits per heavy atom. The highest BCUT2D eigenvalue weighted by atomic mass is 79.9. The van der Waals surface area contributed by atoms with Gasteiger partial charge in [-0.1, -0.05) is 15.9 Å². The van der Waals surface area contributed by atoms with E-state index in [2.05, 4.69) is 15.9 Å². The zero-order chi connectivity index (χ0) is 14.7. The molecular weight excluding hydrogens is 323 g/mol. The summed E-state index contributed by atoms with van der Waals surface area (Å²) in [5.41, 5.74) is 6.40. The Morgan fingerprint density at radius 3 is 2.85 bits per heavy atom. The molecular formula is C15H20BrFN2O. The topological polar surface area (TPSA) is 46.3 Å². The van der Waals surface area contributed by atoms with E-state index in [1.807, 2.05) is 6.92 Å². The summed E-state index contributed by atoms with van der Waals surface area (Å²) in [5.74, 6) is -0.178. The third-order valence-electron chi connectivity index (χ3n) is 3.88. The Hall–Kier alpha value is -0.940. The fraction of sp³-hybridized carbons (Fsp3) is 0.533. The van der Waals surface area contributed by atoms with Gasteiger partial charge in [-0.3, -0.25) is 4.79 Å². The minimum atomic E-state index is -0.275. The lowest BCUT2D eigenvalue weighted by Crippen LogP contribution is -2.35. The lowest BCUT2D eigenvalue weighted by molar-refractivity contribution is -0.135. The molecule has 2 rings (SSSR count). The van der Waals surface area contributed by atoms with Crippen molar-refractivity contribution in [3.8, 4) is 0 Å². The molecule has 1 fully saturated rings. The number of nitrogens with zero attached hydrogens (tertiary/aromatic N) is 1. The number of hydrogen-bond donors (Lipinski definition) is 1. The van der Waals surface area contributed by atoms with Gasteiger partial charge < -0.3 is 10.6 Å². The first-order valence-electron chi connectivity index (χ1n) is 6.99. The third-order valence-corrected chi connectivity index (χ3v) is 4.38. The average Bonchev–Trinajstić information content (AvgIpc) is 2.85. The van der Waals surface area contributed by atoms with Crippen LogP contribution in [-0.4, -0.2) is 23.4 Å². The van der Waals surface area contributed by atoms with Crippen molar-refractivity contribution >= 4 is 21.8 Å². The largest absolute Gasteiger partial charge is 0.338 e. The van der Waals surface area contributed by atoms with Crippen LogP contribution in [-0.2, 0) is 11.3 Å². The summed E-state index contributed by atoms with van der Waals surface area (Å²) in [7, 11) is 0. The van der Waals surface area contributed by atoms with E-state index in [4.69, 9.17) is 5.73 Å². The molecule has 0 aliphatic heterocycles. The number of nitrogens with two attached hydrogens (primary N) is 1. The summed E-state index contributed by atoms with van der Waals surface area (Å²) in [6.07, 6.45) is 2.49. The lowest BCUT2D eigenvalue weighted by Gasteiger charge is -2.24. The number of hydrogen-bond acceptors (Lipinski definition) is 2. The molecule has 1 aromatic rings. The number of amides is 1. The van der Waals surface area contributed by atoms with Crippen LogP contribution in [0.1, 0.15) is 31.7 Å². The standard InChI is InChI=1S/C15H20BrFN2O/c1-2-19(15(20)10-3-5-13(18)8-10)9-11-7-12(16)4-6-14(11)17/h4,6-7,10,13H,2-3,5,8-9,18H2,1H3/t10-,13-/m1/s1. The number of halogens is 2. The van der Waals surface area contributed by atoms with Crippen LogP contribution < -0.4 is 5.73 Å². The molecule has 110 valence electrons. The maximum Gasteiger partial charge on any atom is 0.226 e. The Labute approximate surface area is 127 Å². The number of carbonyl (C=O) groups is 1. The molecule has 20 heavy (non-hydrogen) atoms. The lowest BCUT2D eigenvalue weighted by atomic mass is 10.1. The van der Waals surface area contributed by atoms with Crippen molar-refractivity contribution in [2.45, 2.75) is 38.8 Å². The highest BCUT2D eigenvalue weighted by Crippen LogP contribution is 2.27. The van der Waals surface area contributed by atoms with Crippen LogP contribution in [0.5, 0.6) is 0 Å². The van der Waals surface area contributed by atoms with Gasteiger partial charge in [0.1, 0.15) is 5.82 Å². The van der Waals surface area contributed by atoms with Crippen LogP contribution >= 0.6 is 15.9 Å². The molecule has 1 aliphatic carbocycles. The number of rotatable bonds is 4. The molecule has 0 heterocycles. The zero-order valence-corrected chi connectivity index (χ0v) is 13.2. The van der Waals surface area contributed by atoms with E-state index < -0.39 is 0 Å². The normalized spacial score (nSPS) is 22.0. The predicted octanol–water partition coefficient (Wildman–Crippen LogP) is 3.06. The van der Waals surface area contributed by atoms with Gasteiger partial charge in [0.2, 0.25) is 5.91 Å². The van der Waals surface area contributed by atoms with E-state index in [0.29, 0.717) is 18.7 Å². The first-order valence-corrected chi connectivity index (χ1v) is 7.78. The minimum absolute atomic E-state index is 0.000152. The van der Waals surface area contributed by atoms with Gasteiger partial charge in [-0.05, 0) is 44.4 Å². The molecule has 5 heteroatoms. The van der Waals surface area contributed by atoms with E-state index in [0.717, 1.165) is 23.7 Å². The van der Waals surface area contributed by atoms with E-state index in [9.17, 15) is 9.18 Å². The van der Waals surface area contributed by atoms with Gasteiger partial charge in [-0.25, -0.2) is 4.39 Å². The zero-order valence-electron chi connectivity index (χ0n) is 11.6. The van der Waals surface area contributed by atoms with Crippen LogP contribution in [0, 0.1) is 11.7 Å². The summed E-state index contributed by atoms with van der Waals surface area (Å²) >= 11 is 3.33. The van der Waals surface area contributed by atoms with E-state index >= 15 is 0 Å². The number of carbonyl (C=O) groups excluding carboxylic acids is 1. The monoisotopic (exact) mass is 342 g/mol. The van der Waals surface area contributed by atoms with Gasteiger partial charge in [0.15, 0.2) is 0 Å². The van der Waals surface area contributed by atoms with Gasteiger partial charge >= 0.3 is 0 Å². The fourth-order valence-corrected chi connectivity index (χ4v) is 3.12. The summed E-state index contributed by atoms with van der Waals surface area (Å²) in [6, 6.07) is 4.94. The quantitative estimate of drug-likeness (QED) is 0.913. The fourth-order valence-electron chi connectivity index (χ4n) is 2.71. The SMILES string of the molecule is CCN(Cc1cc(Br)ccc1F)C(=O)[C@@H]1CC[C@@H](N)C1. The molecule has 3 nitrogen and oxygen atoms in total. The van der Waals surface area contributed by atoms with Crippen molar-refractivity contribution in [3.63, 3.8) is 0 Å². The van der Waals surface area contributed by atoms with Gasteiger partial charge in [-0.2, -0.15) is 0 Å². The van der Waals surface area contributed by atoms with Crippen LogP contribution in [0.2, 0.25) is 0 Å². The first kappa shape index (κ1) is 15.4. The summed E-state index contributed by atoms with van der Waals surface area (Å²) in [4.78, 5) is 14.2. The molecule has 1 amide bonds. The molecule has 0 unspecified atom stereocenters. The Bertz CT molecular complexity index is 495. The molecule has 0 aromatic heterocycles. The van der Waals surface area contributed by atoms with Crippen LogP contribution in [0.3, 0.4) is 0 Å². The second kappa shape index (κ2) is 6.68. The van der Waals surface area contributed by atoms with E-state index in [1.54, 1.807) is 17.0 Å². The molecule has 1 aromatic carbocycles. The highest BCUT2D eigenvalue weighted by molar-refractivity contribution is 9.10. The second-order valence-corrected chi connectivity index (χ2v) is 6.27. The third kappa shape index (κ3) is 3.58. The summed E-state index contributed by atoms with van der Waals surface area (Å²) < 4.78 is 14.6. The maximum absolute atomic E-state index is 13.8. The average molecular weight is 343 g/mol. The van der Waals surface area contributed by atoms with E-state index in [-0.39, 0.29) is 23.7 Å². The minimum Gasteiger partial charge on any atom is -0.338 e. The van der Waals surface area contributed by atoms with Crippen LogP contribution in [0.15, 0.2) is 22.7 Å². The Kier molecular flexibility index (Phi) is 5.16. The first-order chi connectivity index (χ1) is 9.51. The van der Waals surface area contributed by atoms with Gasteiger partial charge in [0.25, 0.3) is 0 Å². The molecule has 0 saturated heterocycles. The van der Waals surface area contributed by atoms with Crippen molar-refractivity contribution in [2.24, 2.45) is 11.7 Å². The number of benzene rings is 1. The molecule has 0 radical (unpaired) electrons. The predicted molar refractivity (Wildman–Crippen MR) is 80.5 cm³/mol. The van der Waals surface area contributed by atoms with Crippen molar-refractivity contribution in [2.75, 3.05) is 6.54 Å². The van der Waals surface area contributed by atoms with Crippen molar-refractivity contribution in [1.29, 1.82) is 0 Å².